The molecule has 0 saturated carbocycles. The number of carboxylic acid groups (broad SMARTS) is 2. The average Bonchev–Trinajstić information content (AvgIpc) is 1.53. The normalized spacial score (nSPS) is 8.69. The molecule has 0 heterocycles. The molecule has 68 valence electrons. The molecule has 0 bridgehead atoms. The smallest absolute Gasteiger partial charge is 1.00 e. The zero-order valence-corrected chi connectivity index (χ0v) is 11.7. The van der Waals surface area contributed by atoms with E-state index in [1.165, 1.54) is 0 Å². The van der Waals surface area contributed by atoms with Gasteiger partial charge in [0.25, 0.3) is 0 Å². The van der Waals surface area contributed by atoms with Crippen molar-refractivity contribution in [3.63, 3.8) is 0 Å². The summed E-state index contributed by atoms with van der Waals surface area (Å²) in [6.45, 7) is 0. The van der Waals surface area contributed by atoms with E-state index in [-0.39, 0.29) is 62.0 Å². The maximum atomic E-state index is 10.2. The molecular formula is C2H5Na2O8P. The fourth-order valence-electron chi connectivity index (χ4n) is 0.216. The predicted octanol–water partition coefficient (Wildman–Crippen LogP) is -5.29. The first kappa shape index (κ1) is 19.3. The summed E-state index contributed by atoms with van der Waals surface area (Å²) in [6, 6.07) is 0. The van der Waals surface area contributed by atoms with E-state index >= 15 is 0 Å². The van der Waals surface area contributed by atoms with Crippen LogP contribution in [0.25, 0.3) is 0 Å². The van der Waals surface area contributed by atoms with Crippen molar-refractivity contribution in [2.24, 2.45) is 0 Å². The van der Waals surface area contributed by atoms with E-state index in [1.807, 2.05) is 0 Å². The van der Waals surface area contributed by atoms with Gasteiger partial charge in [-0.2, -0.15) is 0 Å². The molecule has 0 radical (unpaired) electrons. The standard InChI is InChI=1S/C2H3O8P.2Na.2H/c3-1(4)9-11(7,8)10-2(5)6;;;;/h(H,3,4)(H,5,6)(H,7,8);;;;/q;2*+1;2*-1. The largest absolute Gasteiger partial charge is 1.00 e. The third-order valence-electron chi connectivity index (χ3n) is 0.387. The van der Waals surface area contributed by atoms with Crippen LogP contribution in [0, 0.1) is 0 Å². The molecule has 0 aliphatic carbocycles. The number of carbonyl (C=O) groups is 2. The summed E-state index contributed by atoms with van der Waals surface area (Å²) >= 11 is 0. The van der Waals surface area contributed by atoms with Crippen molar-refractivity contribution >= 4 is 20.1 Å². The molecule has 13 heavy (non-hydrogen) atoms. The van der Waals surface area contributed by atoms with Crippen LogP contribution >= 0.6 is 7.82 Å². The van der Waals surface area contributed by atoms with Crippen LogP contribution in [0.1, 0.15) is 2.85 Å². The van der Waals surface area contributed by atoms with Crippen LogP contribution in [-0.4, -0.2) is 27.4 Å². The summed E-state index contributed by atoms with van der Waals surface area (Å²) in [5, 5.41) is 15.5. The Kier molecular flexibility index (Phi) is 12.0. The summed E-state index contributed by atoms with van der Waals surface area (Å²) in [7, 11) is -5.00. The van der Waals surface area contributed by atoms with E-state index in [4.69, 9.17) is 15.1 Å². The molecule has 0 unspecified atom stereocenters. The van der Waals surface area contributed by atoms with Crippen LogP contribution in [0.4, 0.5) is 9.59 Å². The second-order valence-electron chi connectivity index (χ2n) is 1.18. The summed E-state index contributed by atoms with van der Waals surface area (Å²) in [6.07, 6.45) is -4.20. The van der Waals surface area contributed by atoms with Crippen LogP contribution in [-0.2, 0) is 13.6 Å². The Morgan fingerprint density at radius 3 is 1.46 bits per heavy atom. The van der Waals surface area contributed by atoms with E-state index in [2.05, 4.69) is 9.05 Å². The van der Waals surface area contributed by atoms with Gasteiger partial charge in [0.2, 0.25) is 0 Å². The molecule has 0 saturated heterocycles. The SMILES string of the molecule is O=C(O)OP(=O)(O)OC(=O)O.[H-].[H-].[Na+].[Na+]. The Hall–Kier alpha value is 0.730. The Balaban J connectivity index is -0.0000000833. The van der Waals surface area contributed by atoms with Gasteiger partial charge >= 0.3 is 79.2 Å². The fraction of sp³-hybridized carbons (Fsp3) is 0. The van der Waals surface area contributed by atoms with Crippen LogP contribution in [0.3, 0.4) is 0 Å². The molecule has 0 aliphatic rings. The Labute approximate surface area is 119 Å². The molecule has 0 fully saturated rings. The van der Waals surface area contributed by atoms with Crippen molar-refractivity contribution in [3.8, 4) is 0 Å². The Morgan fingerprint density at radius 2 is 1.31 bits per heavy atom. The molecule has 0 aromatic carbocycles. The molecule has 3 N–H and O–H groups in total. The second kappa shape index (κ2) is 8.07. The van der Waals surface area contributed by atoms with Crippen molar-refractivity contribution in [2.75, 3.05) is 0 Å². The minimum Gasteiger partial charge on any atom is -1.00 e. The van der Waals surface area contributed by atoms with E-state index in [0.29, 0.717) is 0 Å². The molecule has 0 aliphatic heterocycles. The summed E-state index contributed by atoms with van der Waals surface area (Å²) in [4.78, 5) is 27.3. The fourth-order valence-corrected chi connectivity index (χ4v) is 0.648. The first-order valence-corrected chi connectivity index (χ1v) is 3.51. The van der Waals surface area contributed by atoms with Crippen molar-refractivity contribution in [2.45, 2.75) is 0 Å². The Bertz CT molecular complexity index is 215. The molecule has 11 heteroatoms. The molecule has 0 aromatic rings. The second-order valence-corrected chi connectivity index (χ2v) is 2.49. The molecular weight excluding hydrogens is 229 g/mol. The van der Waals surface area contributed by atoms with Gasteiger partial charge in [0.15, 0.2) is 0 Å². The molecule has 8 nitrogen and oxygen atoms in total. The number of hydrogen-bond donors (Lipinski definition) is 3. The number of hydrogen-bond acceptors (Lipinski definition) is 5. The third-order valence-corrected chi connectivity index (χ3v) is 1.16. The van der Waals surface area contributed by atoms with E-state index in [9.17, 15) is 14.2 Å². The van der Waals surface area contributed by atoms with Crippen LogP contribution in [0.2, 0.25) is 0 Å². The van der Waals surface area contributed by atoms with Gasteiger partial charge in [-0.3, -0.25) is 4.89 Å². The van der Waals surface area contributed by atoms with Gasteiger partial charge in [-0.15, -0.1) is 0 Å². The topological polar surface area (TPSA) is 130 Å². The minimum atomic E-state index is -5.00. The van der Waals surface area contributed by atoms with E-state index < -0.39 is 20.1 Å². The van der Waals surface area contributed by atoms with Crippen molar-refractivity contribution in [1.82, 2.24) is 0 Å². The first-order valence-electron chi connectivity index (χ1n) is 2.01. The van der Waals surface area contributed by atoms with Gasteiger partial charge in [0.1, 0.15) is 0 Å². The van der Waals surface area contributed by atoms with Crippen LogP contribution in [0.15, 0.2) is 0 Å². The van der Waals surface area contributed by atoms with Crippen LogP contribution in [0.5, 0.6) is 0 Å². The van der Waals surface area contributed by atoms with Gasteiger partial charge in [-0.05, 0) is 0 Å². The quantitative estimate of drug-likeness (QED) is 0.319. The number of phosphoric ester groups is 1. The molecule has 0 amide bonds. The predicted molar refractivity (Wildman–Crippen MR) is 30.3 cm³/mol. The number of phosphoric acid groups is 1. The minimum absolute atomic E-state index is 0. The van der Waals surface area contributed by atoms with Crippen LogP contribution < -0.4 is 59.1 Å². The molecule has 0 rings (SSSR count). The van der Waals surface area contributed by atoms with E-state index in [1.54, 1.807) is 0 Å². The summed E-state index contributed by atoms with van der Waals surface area (Å²) in [5.41, 5.74) is 0. The maximum absolute atomic E-state index is 10.2. The zero-order valence-electron chi connectivity index (χ0n) is 8.83. The Morgan fingerprint density at radius 1 is 1.08 bits per heavy atom. The van der Waals surface area contributed by atoms with Gasteiger partial charge < -0.3 is 22.1 Å². The average molecular weight is 234 g/mol. The maximum Gasteiger partial charge on any atom is 1.00 e. The van der Waals surface area contributed by atoms with Crippen molar-refractivity contribution < 1.29 is 100 Å². The summed E-state index contributed by atoms with van der Waals surface area (Å²) in [5.74, 6) is 0. The molecule has 0 spiro atoms. The molecule has 0 atom stereocenters. The van der Waals surface area contributed by atoms with Gasteiger partial charge in [-0.25, -0.2) is 14.2 Å². The summed E-state index contributed by atoms with van der Waals surface area (Å²) < 4.78 is 16.5. The zero-order chi connectivity index (χ0) is 9.07. The van der Waals surface area contributed by atoms with Crippen molar-refractivity contribution in [3.05, 3.63) is 0 Å². The van der Waals surface area contributed by atoms with Gasteiger partial charge in [0, 0.05) is 0 Å². The molecule has 0 aromatic heterocycles. The number of rotatable bonds is 2. The van der Waals surface area contributed by atoms with Crippen molar-refractivity contribution in [1.29, 1.82) is 0 Å². The van der Waals surface area contributed by atoms with Gasteiger partial charge in [-0.1, -0.05) is 0 Å². The van der Waals surface area contributed by atoms with Gasteiger partial charge in [0.05, 0.1) is 0 Å². The third kappa shape index (κ3) is 12.7. The first-order chi connectivity index (χ1) is 4.83. The monoisotopic (exact) mass is 234 g/mol. The van der Waals surface area contributed by atoms with E-state index in [0.717, 1.165) is 0 Å².